The summed E-state index contributed by atoms with van der Waals surface area (Å²) in [5.41, 5.74) is -0.0939. The maximum absolute atomic E-state index is 12.3. The molecule has 2 rings (SSSR count). The van der Waals surface area contributed by atoms with Crippen molar-refractivity contribution in [2.24, 2.45) is 0 Å². The molecule has 1 aliphatic heterocycles. The Morgan fingerprint density at radius 1 is 1.35 bits per heavy atom. The zero-order valence-corrected chi connectivity index (χ0v) is 17.1. The van der Waals surface area contributed by atoms with Crippen LogP contribution in [0.3, 0.4) is 0 Å². The topological polar surface area (TPSA) is 49.8 Å². The van der Waals surface area contributed by atoms with Crippen molar-refractivity contribution in [3.8, 4) is 0 Å². The second-order valence-corrected chi connectivity index (χ2v) is 8.61. The molecule has 26 heavy (non-hydrogen) atoms. The zero-order valence-electron chi connectivity index (χ0n) is 15.6. The lowest BCUT2D eigenvalue weighted by atomic mass is 9.68. The second kappa shape index (κ2) is 8.20. The third kappa shape index (κ3) is 4.73. The number of likely N-dealkylation sites (tertiary alicyclic amines) is 1. The largest absolute Gasteiger partial charge is 0.444 e. The average molecular weight is 400 g/mol. The van der Waals surface area contributed by atoms with E-state index >= 15 is 0 Å². The van der Waals surface area contributed by atoms with Crippen LogP contribution < -0.4 is 0 Å². The van der Waals surface area contributed by atoms with Crippen molar-refractivity contribution in [1.29, 1.82) is 0 Å². The SMILES string of the molecule is C=CCC(O)C1(c2ccc(Cl)c(Cl)c2)CCN(C(=O)OC(C)(C)C)CC1. The number of carbonyl (C=O) groups is 1. The minimum Gasteiger partial charge on any atom is -0.444 e. The van der Waals surface area contributed by atoms with Gasteiger partial charge in [0.05, 0.1) is 16.1 Å². The summed E-state index contributed by atoms with van der Waals surface area (Å²) in [5, 5.41) is 11.8. The van der Waals surface area contributed by atoms with Crippen LogP contribution in [0.5, 0.6) is 0 Å². The number of hydrogen-bond acceptors (Lipinski definition) is 3. The third-order valence-corrected chi connectivity index (χ3v) is 5.57. The first kappa shape index (κ1) is 21.1. The summed E-state index contributed by atoms with van der Waals surface area (Å²) in [5.74, 6) is 0. The van der Waals surface area contributed by atoms with Crippen molar-refractivity contribution in [3.63, 3.8) is 0 Å². The molecule has 1 aliphatic rings. The highest BCUT2D eigenvalue weighted by atomic mass is 35.5. The molecule has 1 heterocycles. The smallest absolute Gasteiger partial charge is 0.410 e. The molecule has 0 radical (unpaired) electrons. The molecule has 4 nitrogen and oxygen atoms in total. The maximum Gasteiger partial charge on any atom is 0.410 e. The lowest BCUT2D eigenvalue weighted by molar-refractivity contribution is -0.000959. The first-order valence-electron chi connectivity index (χ1n) is 8.81. The van der Waals surface area contributed by atoms with Crippen LogP contribution in [-0.4, -0.2) is 40.9 Å². The van der Waals surface area contributed by atoms with Crippen molar-refractivity contribution >= 4 is 29.3 Å². The molecular weight excluding hydrogens is 373 g/mol. The quantitative estimate of drug-likeness (QED) is 0.707. The Morgan fingerprint density at radius 2 is 1.96 bits per heavy atom. The van der Waals surface area contributed by atoms with Crippen LogP contribution in [0.2, 0.25) is 10.0 Å². The molecule has 0 bridgehead atoms. The lowest BCUT2D eigenvalue weighted by Gasteiger charge is -2.45. The molecule has 1 aromatic rings. The molecule has 1 aromatic carbocycles. The Kier molecular flexibility index (Phi) is 6.65. The fourth-order valence-corrected chi connectivity index (χ4v) is 3.72. The van der Waals surface area contributed by atoms with Crippen LogP contribution >= 0.6 is 23.2 Å². The van der Waals surface area contributed by atoms with E-state index in [4.69, 9.17) is 27.9 Å². The Morgan fingerprint density at radius 3 is 2.46 bits per heavy atom. The number of nitrogens with zero attached hydrogens (tertiary/aromatic N) is 1. The molecule has 0 aliphatic carbocycles. The van der Waals surface area contributed by atoms with Crippen LogP contribution in [0.15, 0.2) is 30.9 Å². The van der Waals surface area contributed by atoms with Gasteiger partial charge < -0.3 is 14.7 Å². The van der Waals surface area contributed by atoms with Crippen LogP contribution in [0.4, 0.5) is 4.79 Å². The lowest BCUT2D eigenvalue weighted by Crippen LogP contribution is -2.51. The van der Waals surface area contributed by atoms with Gasteiger partial charge in [0.25, 0.3) is 0 Å². The molecule has 144 valence electrons. The van der Waals surface area contributed by atoms with Crippen molar-refractivity contribution in [3.05, 3.63) is 46.5 Å². The first-order chi connectivity index (χ1) is 12.1. The molecule has 0 aromatic heterocycles. The van der Waals surface area contributed by atoms with Crippen molar-refractivity contribution in [2.45, 2.75) is 57.2 Å². The Balaban J connectivity index is 2.25. The molecule has 0 spiro atoms. The highest BCUT2D eigenvalue weighted by Crippen LogP contribution is 2.42. The predicted molar refractivity (Wildman–Crippen MR) is 106 cm³/mol. The van der Waals surface area contributed by atoms with E-state index in [1.807, 2.05) is 32.9 Å². The number of aliphatic hydroxyl groups is 1. The number of carbonyl (C=O) groups excluding carboxylic acids is 1. The number of halogens is 2. The minimum absolute atomic E-state index is 0.321. The summed E-state index contributed by atoms with van der Waals surface area (Å²) in [6.45, 7) is 10.3. The Bertz CT molecular complexity index is 662. The zero-order chi connectivity index (χ0) is 19.5. The number of ether oxygens (including phenoxy) is 1. The molecule has 1 amide bonds. The molecule has 0 saturated carbocycles. The molecule has 1 unspecified atom stereocenters. The molecule has 1 fully saturated rings. The normalized spacial score (nSPS) is 18.3. The van der Waals surface area contributed by atoms with Gasteiger partial charge in [-0.3, -0.25) is 0 Å². The second-order valence-electron chi connectivity index (χ2n) is 7.79. The number of piperidine rings is 1. The van der Waals surface area contributed by atoms with Crippen LogP contribution in [0.1, 0.15) is 45.6 Å². The summed E-state index contributed by atoms with van der Waals surface area (Å²) in [7, 11) is 0. The molecule has 6 heteroatoms. The van der Waals surface area contributed by atoms with Gasteiger partial charge in [0.1, 0.15) is 5.60 Å². The summed E-state index contributed by atoms with van der Waals surface area (Å²) in [6.07, 6.45) is 2.46. The highest BCUT2D eigenvalue weighted by Gasteiger charge is 2.43. The maximum atomic E-state index is 12.3. The van der Waals surface area contributed by atoms with E-state index in [1.54, 1.807) is 17.0 Å². The number of rotatable bonds is 4. The number of hydrogen-bond donors (Lipinski definition) is 1. The number of benzene rings is 1. The summed E-state index contributed by atoms with van der Waals surface area (Å²) < 4.78 is 5.46. The van der Waals surface area contributed by atoms with Gasteiger partial charge in [-0.05, 0) is 57.7 Å². The molecule has 1 atom stereocenters. The van der Waals surface area contributed by atoms with Gasteiger partial charge in [-0.25, -0.2) is 4.79 Å². The van der Waals surface area contributed by atoms with E-state index in [2.05, 4.69) is 6.58 Å². The minimum atomic E-state index is -0.613. The van der Waals surface area contributed by atoms with Crippen molar-refractivity contribution in [2.75, 3.05) is 13.1 Å². The first-order valence-corrected chi connectivity index (χ1v) is 9.57. The summed E-state index contributed by atoms with van der Waals surface area (Å²) in [4.78, 5) is 14.0. The van der Waals surface area contributed by atoms with Crippen molar-refractivity contribution < 1.29 is 14.6 Å². The number of amides is 1. The molecule has 1 saturated heterocycles. The van der Waals surface area contributed by atoms with Gasteiger partial charge >= 0.3 is 6.09 Å². The predicted octanol–water partition coefficient (Wildman–Crippen LogP) is 5.20. The van der Waals surface area contributed by atoms with E-state index in [0.29, 0.717) is 42.4 Å². The highest BCUT2D eigenvalue weighted by molar-refractivity contribution is 6.42. The Hall–Kier alpha value is -1.23. The fourth-order valence-electron chi connectivity index (χ4n) is 3.42. The molecular formula is C20H27Cl2NO3. The van der Waals surface area contributed by atoms with Crippen molar-refractivity contribution in [1.82, 2.24) is 4.90 Å². The van der Waals surface area contributed by atoms with Crippen LogP contribution in [0, 0.1) is 0 Å². The third-order valence-electron chi connectivity index (χ3n) is 4.83. The van der Waals surface area contributed by atoms with Gasteiger partial charge in [-0.2, -0.15) is 0 Å². The van der Waals surface area contributed by atoms with Gasteiger partial charge in [-0.15, -0.1) is 6.58 Å². The van der Waals surface area contributed by atoms with Gasteiger partial charge in [-0.1, -0.05) is 35.3 Å². The van der Waals surface area contributed by atoms with E-state index < -0.39 is 17.1 Å². The molecule has 1 N–H and O–H groups in total. The van der Waals surface area contributed by atoms with E-state index in [1.165, 1.54) is 0 Å². The van der Waals surface area contributed by atoms with Gasteiger partial charge in [0.15, 0.2) is 0 Å². The fraction of sp³-hybridized carbons (Fsp3) is 0.550. The summed E-state index contributed by atoms with van der Waals surface area (Å²) >= 11 is 12.3. The average Bonchev–Trinajstić information content (AvgIpc) is 2.56. The van der Waals surface area contributed by atoms with Gasteiger partial charge in [0, 0.05) is 18.5 Å². The van der Waals surface area contributed by atoms with E-state index in [0.717, 1.165) is 5.56 Å². The van der Waals surface area contributed by atoms with E-state index in [9.17, 15) is 9.90 Å². The number of aliphatic hydroxyl groups excluding tert-OH is 1. The standard InChI is InChI=1S/C20H27Cl2NO3/c1-5-6-17(24)20(14-7-8-15(21)16(22)13-14)9-11-23(12-10-20)18(25)26-19(2,3)4/h5,7-8,13,17,24H,1,6,9-12H2,2-4H3. The monoisotopic (exact) mass is 399 g/mol. The van der Waals surface area contributed by atoms with Gasteiger partial charge in [0.2, 0.25) is 0 Å². The Labute approximate surface area is 165 Å². The van der Waals surface area contributed by atoms with E-state index in [-0.39, 0.29) is 6.09 Å². The summed E-state index contributed by atoms with van der Waals surface area (Å²) in [6, 6.07) is 5.48. The van der Waals surface area contributed by atoms with Crippen LogP contribution in [-0.2, 0) is 10.2 Å². The van der Waals surface area contributed by atoms with Crippen LogP contribution in [0.25, 0.3) is 0 Å².